The van der Waals surface area contributed by atoms with E-state index in [0.717, 1.165) is 24.7 Å². The van der Waals surface area contributed by atoms with Crippen molar-refractivity contribution < 1.29 is 13.2 Å². The van der Waals surface area contributed by atoms with Crippen LogP contribution in [0.5, 0.6) is 0 Å². The first-order valence-corrected chi connectivity index (χ1v) is 11.2. The maximum atomic E-state index is 12.8. The summed E-state index contributed by atoms with van der Waals surface area (Å²) in [6, 6.07) is 3.95. The highest BCUT2D eigenvalue weighted by Gasteiger charge is 2.37. The Morgan fingerprint density at radius 2 is 1.86 bits per heavy atom. The maximum absolute atomic E-state index is 12.8. The average Bonchev–Trinajstić information content (AvgIpc) is 3.00. The summed E-state index contributed by atoms with van der Waals surface area (Å²) >= 11 is 0. The molecule has 0 aromatic carbocycles. The largest absolute Gasteiger partial charge is 0.351 e. The van der Waals surface area contributed by atoms with Crippen molar-refractivity contribution in [1.82, 2.24) is 29.0 Å². The van der Waals surface area contributed by atoms with Gasteiger partial charge in [-0.1, -0.05) is 0 Å². The van der Waals surface area contributed by atoms with Crippen LogP contribution in [0.3, 0.4) is 0 Å². The molecular formula is C17H25N7O3S. The van der Waals surface area contributed by atoms with Gasteiger partial charge in [0.15, 0.2) is 11.5 Å². The number of nitrogens with zero attached hydrogens (tertiary/aromatic N) is 7. The van der Waals surface area contributed by atoms with Gasteiger partial charge in [-0.2, -0.15) is 4.52 Å². The van der Waals surface area contributed by atoms with Gasteiger partial charge >= 0.3 is 0 Å². The molecule has 0 spiro atoms. The Kier molecular flexibility index (Phi) is 4.74. The normalized spacial score (nSPS) is 19.8. The zero-order chi connectivity index (χ0) is 20.1. The van der Waals surface area contributed by atoms with Crippen LogP contribution in [0.2, 0.25) is 0 Å². The smallest absolute Gasteiger partial charge is 0.225 e. The van der Waals surface area contributed by atoms with E-state index in [-0.39, 0.29) is 17.9 Å². The van der Waals surface area contributed by atoms with Gasteiger partial charge in [-0.15, -0.1) is 15.3 Å². The molecule has 28 heavy (non-hydrogen) atoms. The molecule has 152 valence electrons. The Morgan fingerprint density at radius 1 is 1.18 bits per heavy atom. The molecule has 2 saturated heterocycles. The standard InChI is InChI=1S/C17H25N7O3S/c1-12-18-19-15-4-5-16(20-24(12)15)22-10-14(11-22)21(2)17(25)13-6-8-23(9-7-13)28(3,26)27/h4-5,13-14H,6-11H2,1-3H3. The molecule has 4 heterocycles. The number of hydrogen-bond donors (Lipinski definition) is 0. The molecule has 2 aliphatic heterocycles. The van der Waals surface area contributed by atoms with E-state index >= 15 is 0 Å². The minimum Gasteiger partial charge on any atom is -0.351 e. The number of likely N-dealkylation sites (N-methyl/N-ethyl adjacent to an activating group) is 1. The molecule has 0 atom stereocenters. The van der Waals surface area contributed by atoms with Gasteiger partial charge in [0.2, 0.25) is 15.9 Å². The molecule has 0 N–H and O–H groups in total. The summed E-state index contributed by atoms with van der Waals surface area (Å²) in [6.07, 6.45) is 2.38. The summed E-state index contributed by atoms with van der Waals surface area (Å²) in [5.74, 6) is 1.58. The van der Waals surface area contributed by atoms with E-state index in [2.05, 4.69) is 20.2 Å². The van der Waals surface area contributed by atoms with E-state index in [4.69, 9.17) is 0 Å². The van der Waals surface area contributed by atoms with E-state index < -0.39 is 10.0 Å². The lowest BCUT2D eigenvalue weighted by Crippen LogP contribution is -2.61. The summed E-state index contributed by atoms with van der Waals surface area (Å²) in [5.41, 5.74) is 0.714. The lowest BCUT2D eigenvalue weighted by atomic mass is 9.95. The van der Waals surface area contributed by atoms with Crippen LogP contribution in [0.15, 0.2) is 12.1 Å². The van der Waals surface area contributed by atoms with Crippen LogP contribution in [0.25, 0.3) is 5.65 Å². The van der Waals surface area contributed by atoms with Gasteiger partial charge < -0.3 is 9.80 Å². The van der Waals surface area contributed by atoms with Gasteiger partial charge in [0, 0.05) is 39.1 Å². The van der Waals surface area contributed by atoms with Crippen molar-refractivity contribution in [3.05, 3.63) is 18.0 Å². The first-order valence-electron chi connectivity index (χ1n) is 9.40. The number of carbonyl (C=O) groups excluding carboxylic acids is 1. The first kappa shape index (κ1) is 19.1. The molecule has 4 rings (SSSR count). The average molecular weight is 408 g/mol. The number of piperidine rings is 1. The van der Waals surface area contributed by atoms with Crippen molar-refractivity contribution >= 4 is 27.4 Å². The minimum atomic E-state index is -3.17. The Bertz CT molecular complexity index is 991. The number of amides is 1. The molecule has 0 bridgehead atoms. The third-order valence-corrected chi connectivity index (χ3v) is 7.06. The number of hydrogen-bond acceptors (Lipinski definition) is 7. The lowest BCUT2D eigenvalue weighted by Gasteiger charge is -2.45. The summed E-state index contributed by atoms with van der Waals surface area (Å²) in [6.45, 7) is 4.15. The fourth-order valence-corrected chi connectivity index (χ4v) is 4.72. The lowest BCUT2D eigenvalue weighted by molar-refractivity contribution is -0.138. The van der Waals surface area contributed by atoms with Gasteiger partial charge in [0.25, 0.3) is 0 Å². The third kappa shape index (κ3) is 3.44. The number of carbonyl (C=O) groups is 1. The van der Waals surface area contributed by atoms with Crippen LogP contribution in [0, 0.1) is 12.8 Å². The van der Waals surface area contributed by atoms with Crippen molar-refractivity contribution in [3.8, 4) is 0 Å². The van der Waals surface area contributed by atoms with E-state index in [1.807, 2.05) is 31.0 Å². The fourth-order valence-electron chi connectivity index (χ4n) is 3.84. The molecule has 0 aliphatic carbocycles. The molecule has 2 aliphatic rings. The second-order valence-electron chi connectivity index (χ2n) is 7.65. The van der Waals surface area contributed by atoms with Crippen LogP contribution >= 0.6 is 0 Å². The van der Waals surface area contributed by atoms with Crippen LogP contribution in [-0.2, 0) is 14.8 Å². The Labute approximate surface area is 164 Å². The quantitative estimate of drug-likeness (QED) is 0.688. The van der Waals surface area contributed by atoms with Crippen molar-refractivity contribution in [1.29, 1.82) is 0 Å². The maximum Gasteiger partial charge on any atom is 0.225 e. The highest BCUT2D eigenvalue weighted by molar-refractivity contribution is 7.88. The summed E-state index contributed by atoms with van der Waals surface area (Å²) in [5, 5.41) is 12.6. The number of aromatic nitrogens is 4. The molecule has 1 amide bonds. The SMILES string of the molecule is Cc1nnc2ccc(N3CC(N(C)C(=O)C4CCN(S(C)(=O)=O)CC4)C3)nn12. The molecule has 2 fully saturated rings. The summed E-state index contributed by atoms with van der Waals surface area (Å²) in [4.78, 5) is 16.8. The summed E-state index contributed by atoms with van der Waals surface area (Å²) < 4.78 is 26.4. The molecular weight excluding hydrogens is 382 g/mol. The van der Waals surface area contributed by atoms with Gasteiger partial charge in [0.1, 0.15) is 5.82 Å². The fraction of sp³-hybridized carbons (Fsp3) is 0.647. The Hall–Kier alpha value is -2.27. The monoisotopic (exact) mass is 407 g/mol. The molecule has 10 nitrogen and oxygen atoms in total. The summed E-state index contributed by atoms with van der Waals surface area (Å²) in [7, 11) is -1.33. The van der Waals surface area contributed by atoms with Gasteiger partial charge in [-0.3, -0.25) is 4.79 Å². The molecule has 0 unspecified atom stereocenters. The van der Waals surface area contributed by atoms with E-state index in [9.17, 15) is 13.2 Å². The zero-order valence-corrected chi connectivity index (χ0v) is 17.1. The van der Waals surface area contributed by atoms with Gasteiger partial charge in [-0.05, 0) is 31.9 Å². The predicted octanol–water partition coefficient (Wildman–Crippen LogP) is -0.249. The van der Waals surface area contributed by atoms with E-state index in [1.165, 1.54) is 10.6 Å². The van der Waals surface area contributed by atoms with Crippen LogP contribution < -0.4 is 4.90 Å². The molecule has 2 aromatic rings. The highest BCUT2D eigenvalue weighted by atomic mass is 32.2. The third-order valence-electron chi connectivity index (χ3n) is 5.76. The number of anilines is 1. The Morgan fingerprint density at radius 3 is 2.50 bits per heavy atom. The zero-order valence-electron chi connectivity index (χ0n) is 16.3. The van der Waals surface area contributed by atoms with Crippen molar-refractivity contribution in [3.63, 3.8) is 0 Å². The van der Waals surface area contributed by atoms with Crippen molar-refractivity contribution in [2.24, 2.45) is 5.92 Å². The van der Waals surface area contributed by atoms with Crippen LogP contribution in [0.4, 0.5) is 5.82 Å². The predicted molar refractivity (Wildman–Crippen MR) is 103 cm³/mol. The molecule has 0 saturated carbocycles. The van der Waals surface area contributed by atoms with E-state index in [0.29, 0.717) is 31.6 Å². The topological polar surface area (TPSA) is 104 Å². The number of aryl methyl sites for hydroxylation is 1. The molecule has 11 heteroatoms. The second kappa shape index (κ2) is 6.96. The van der Waals surface area contributed by atoms with Gasteiger partial charge in [-0.25, -0.2) is 12.7 Å². The number of fused-ring (bicyclic) bond motifs is 1. The first-order chi connectivity index (χ1) is 13.2. The van der Waals surface area contributed by atoms with Crippen LogP contribution in [0.1, 0.15) is 18.7 Å². The highest BCUT2D eigenvalue weighted by Crippen LogP contribution is 2.26. The minimum absolute atomic E-state index is 0.105. The van der Waals surface area contributed by atoms with E-state index in [1.54, 1.807) is 4.52 Å². The number of rotatable bonds is 4. The Balaban J connectivity index is 1.33. The van der Waals surface area contributed by atoms with Crippen LogP contribution in [-0.4, -0.2) is 88.9 Å². The molecule has 2 aromatic heterocycles. The second-order valence-corrected chi connectivity index (χ2v) is 9.64. The van der Waals surface area contributed by atoms with Crippen molar-refractivity contribution in [2.45, 2.75) is 25.8 Å². The number of sulfonamides is 1. The molecule has 0 radical (unpaired) electrons. The van der Waals surface area contributed by atoms with Crippen molar-refractivity contribution in [2.75, 3.05) is 44.4 Å². The van der Waals surface area contributed by atoms with Gasteiger partial charge in [0.05, 0.1) is 12.3 Å².